The highest BCUT2D eigenvalue weighted by Gasteiger charge is 2.11. The van der Waals surface area contributed by atoms with Crippen molar-refractivity contribution in [1.29, 1.82) is 0 Å². The van der Waals surface area contributed by atoms with E-state index in [1.165, 1.54) is 0 Å². The van der Waals surface area contributed by atoms with Crippen molar-refractivity contribution < 1.29 is 14.3 Å². The lowest BCUT2D eigenvalue weighted by molar-refractivity contribution is 0.261. The largest absolute Gasteiger partial charge is 0.497 e. The molecule has 0 aliphatic heterocycles. The number of amides is 4. The zero-order chi connectivity index (χ0) is 37.4. The lowest BCUT2D eigenvalue weighted by atomic mass is 10.1. The maximum Gasteiger partial charge on any atom is 0.323 e. The third kappa shape index (κ3) is 7.84. The smallest absolute Gasteiger partial charge is 0.323 e. The monoisotopic (exact) mass is 718 g/mol. The number of pyridine rings is 2. The number of carbonyl (C=O) groups is 2. The highest BCUT2D eigenvalue weighted by atomic mass is 16.5. The zero-order valence-corrected chi connectivity index (χ0v) is 28.8. The molecule has 4 heterocycles. The fourth-order valence-electron chi connectivity index (χ4n) is 5.64. The van der Waals surface area contributed by atoms with Crippen LogP contribution in [-0.4, -0.2) is 48.4 Å². The molecule has 0 aliphatic carbocycles. The zero-order valence-electron chi connectivity index (χ0n) is 28.8. The van der Waals surface area contributed by atoms with Crippen LogP contribution in [0.1, 0.15) is 0 Å². The van der Waals surface area contributed by atoms with E-state index in [0.717, 1.165) is 28.2 Å². The molecule has 0 radical (unpaired) electrons. The van der Waals surface area contributed by atoms with Crippen LogP contribution in [0.25, 0.3) is 33.8 Å². The van der Waals surface area contributed by atoms with Crippen molar-refractivity contribution in [1.82, 2.24) is 29.2 Å². The maximum atomic E-state index is 12.2. The van der Waals surface area contributed by atoms with Crippen molar-refractivity contribution in [2.75, 3.05) is 39.8 Å². The summed E-state index contributed by atoms with van der Waals surface area (Å²) in [4.78, 5) is 24.3. The molecule has 4 aromatic carbocycles. The number of methoxy groups -OCH3 is 1. The number of rotatable bonds is 7. The standard InChI is InChI=1S/C20H18N6O2.C19H16N6O/c1-28-16-5-2-4-15(12-16)23-20(27)22-14-10-8-13(9-11-14)17-6-3-7-18-24-25-19(21)26(17)18;20-18-24-23-17-8-4-7-16(25(17)18)13-9-11-15(12-10-13)22-19(26)21-14-5-2-1-3-6-14/h2-12H,1H3,(H2,21,25)(H2,22,23,27);1-12H,(H2,20,24)(H2,21,22,26). The predicted octanol–water partition coefficient (Wildman–Crippen LogP) is 7.25. The second-order valence-corrected chi connectivity index (χ2v) is 11.7. The van der Waals surface area contributed by atoms with Gasteiger partial charge in [-0.25, -0.2) is 9.59 Å². The van der Waals surface area contributed by atoms with Gasteiger partial charge in [-0.15, -0.1) is 20.4 Å². The fraction of sp³-hybridized carbons (Fsp3) is 0.0256. The minimum atomic E-state index is -0.342. The Balaban J connectivity index is 0.000000167. The number of aromatic nitrogens is 6. The van der Waals surface area contributed by atoms with E-state index in [1.807, 2.05) is 121 Å². The molecule has 0 atom stereocenters. The van der Waals surface area contributed by atoms with Gasteiger partial charge in [0, 0.05) is 28.8 Å². The summed E-state index contributed by atoms with van der Waals surface area (Å²) in [5.41, 5.74) is 19.5. The van der Waals surface area contributed by atoms with Crippen LogP contribution in [-0.2, 0) is 0 Å². The third-order valence-corrected chi connectivity index (χ3v) is 8.14. The van der Waals surface area contributed by atoms with Gasteiger partial charge in [-0.3, -0.25) is 8.80 Å². The van der Waals surface area contributed by atoms with Crippen LogP contribution < -0.4 is 37.5 Å². The van der Waals surface area contributed by atoms with E-state index in [4.69, 9.17) is 16.2 Å². The number of nitrogens with zero attached hydrogens (tertiary/aromatic N) is 6. The van der Waals surface area contributed by atoms with E-state index in [0.29, 0.717) is 46.0 Å². The summed E-state index contributed by atoms with van der Waals surface area (Å²) in [7, 11) is 1.58. The van der Waals surface area contributed by atoms with Crippen LogP contribution in [0, 0.1) is 0 Å². The number of nitrogens with two attached hydrogens (primary N) is 2. The van der Waals surface area contributed by atoms with Gasteiger partial charge in [0.05, 0.1) is 18.5 Å². The first-order chi connectivity index (χ1) is 26.3. The summed E-state index contributed by atoms with van der Waals surface area (Å²) in [5.74, 6) is 1.33. The SMILES string of the molecule is COc1cccc(NC(=O)Nc2ccc(-c3cccc4nnc(N)n34)cc2)c1.Nc1nnc2cccc(-c3ccc(NC(=O)Nc4ccccc4)cc3)n12. The quantitative estimate of drug-likeness (QED) is 0.0980. The van der Waals surface area contributed by atoms with E-state index >= 15 is 0 Å². The fourth-order valence-corrected chi connectivity index (χ4v) is 5.64. The Bertz CT molecular complexity index is 2550. The van der Waals surface area contributed by atoms with E-state index in [9.17, 15) is 9.59 Å². The number of hydrogen-bond acceptors (Lipinski definition) is 9. The number of fused-ring (bicyclic) bond motifs is 2. The van der Waals surface area contributed by atoms with Gasteiger partial charge in [0.1, 0.15) is 5.75 Å². The van der Waals surface area contributed by atoms with E-state index in [-0.39, 0.29) is 12.1 Å². The Morgan fingerprint density at radius 1 is 0.500 bits per heavy atom. The summed E-state index contributed by atoms with van der Waals surface area (Å²) >= 11 is 0. The van der Waals surface area contributed by atoms with Crippen molar-refractivity contribution in [2.45, 2.75) is 0 Å². The van der Waals surface area contributed by atoms with Crippen molar-refractivity contribution >= 4 is 58.0 Å². The Kier molecular flexibility index (Phi) is 9.92. The van der Waals surface area contributed by atoms with Gasteiger partial charge in [-0.1, -0.05) is 60.7 Å². The first kappa shape index (κ1) is 34.5. The molecule has 4 aromatic heterocycles. The van der Waals surface area contributed by atoms with Crippen molar-refractivity contribution in [3.8, 4) is 28.3 Å². The number of carbonyl (C=O) groups excluding carboxylic acids is 2. The van der Waals surface area contributed by atoms with Crippen LogP contribution in [0.15, 0.2) is 140 Å². The predicted molar refractivity (Wildman–Crippen MR) is 210 cm³/mol. The molecule has 54 heavy (non-hydrogen) atoms. The van der Waals surface area contributed by atoms with Crippen LogP contribution in [0.2, 0.25) is 0 Å². The number of urea groups is 2. The minimum Gasteiger partial charge on any atom is -0.497 e. The van der Waals surface area contributed by atoms with E-state index in [1.54, 1.807) is 34.1 Å². The Labute approximate surface area is 308 Å². The van der Waals surface area contributed by atoms with Gasteiger partial charge in [0.15, 0.2) is 11.3 Å². The van der Waals surface area contributed by atoms with Gasteiger partial charge in [0.25, 0.3) is 0 Å². The average molecular weight is 719 g/mol. The van der Waals surface area contributed by atoms with Crippen LogP contribution >= 0.6 is 0 Å². The molecular formula is C39H34N12O3. The number of ether oxygens (including phenoxy) is 1. The number of hydrogen-bond donors (Lipinski definition) is 6. The molecule has 15 heteroatoms. The molecule has 0 spiro atoms. The molecule has 0 saturated heterocycles. The Morgan fingerprint density at radius 2 is 0.926 bits per heavy atom. The van der Waals surface area contributed by atoms with Gasteiger partial charge < -0.3 is 37.5 Å². The summed E-state index contributed by atoms with van der Waals surface area (Å²) in [6.07, 6.45) is 0. The summed E-state index contributed by atoms with van der Waals surface area (Å²) in [6, 6.07) is 42.1. The number of nitrogen functional groups attached to an aromatic ring is 2. The van der Waals surface area contributed by atoms with Gasteiger partial charge in [-0.2, -0.15) is 0 Å². The second kappa shape index (κ2) is 15.5. The first-order valence-electron chi connectivity index (χ1n) is 16.6. The van der Waals surface area contributed by atoms with Crippen LogP contribution in [0.3, 0.4) is 0 Å². The number of anilines is 6. The highest BCUT2D eigenvalue weighted by Crippen LogP contribution is 2.26. The summed E-state index contributed by atoms with van der Waals surface area (Å²) < 4.78 is 8.71. The van der Waals surface area contributed by atoms with Crippen LogP contribution in [0.4, 0.5) is 44.2 Å². The number of benzene rings is 4. The van der Waals surface area contributed by atoms with Crippen molar-refractivity contribution in [3.63, 3.8) is 0 Å². The molecule has 0 aliphatic rings. The Hall–Kier alpha value is -7.94. The number of para-hydroxylation sites is 1. The average Bonchev–Trinajstić information content (AvgIpc) is 3.78. The number of nitrogens with one attached hydrogen (secondary N) is 4. The van der Waals surface area contributed by atoms with Crippen LogP contribution in [0.5, 0.6) is 5.75 Å². The molecule has 268 valence electrons. The van der Waals surface area contributed by atoms with E-state index < -0.39 is 0 Å². The molecule has 0 unspecified atom stereocenters. The van der Waals surface area contributed by atoms with Gasteiger partial charge in [0.2, 0.25) is 11.9 Å². The molecule has 0 saturated carbocycles. The van der Waals surface area contributed by atoms with Gasteiger partial charge >= 0.3 is 12.1 Å². The normalized spacial score (nSPS) is 10.6. The molecule has 4 amide bonds. The lowest BCUT2D eigenvalue weighted by Gasteiger charge is -2.10. The van der Waals surface area contributed by atoms with Crippen molar-refractivity contribution in [2.24, 2.45) is 0 Å². The van der Waals surface area contributed by atoms with E-state index in [2.05, 4.69) is 41.7 Å². The topological polar surface area (TPSA) is 204 Å². The molecule has 0 bridgehead atoms. The molecule has 8 aromatic rings. The summed E-state index contributed by atoms with van der Waals surface area (Å²) in [6.45, 7) is 0. The van der Waals surface area contributed by atoms with Crippen molar-refractivity contribution in [3.05, 3.63) is 140 Å². The van der Waals surface area contributed by atoms with Gasteiger partial charge in [-0.05, 0) is 83.9 Å². The molecular weight excluding hydrogens is 685 g/mol. The Morgan fingerprint density at radius 3 is 1.41 bits per heavy atom. The highest BCUT2D eigenvalue weighted by molar-refractivity contribution is 6.00. The second-order valence-electron chi connectivity index (χ2n) is 11.7. The molecule has 15 nitrogen and oxygen atoms in total. The molecule has 0 fully saturated rings. The minimum absolute atomic E-state index is 0.297. The molecule has 8 N–H and O–H groups in total. The lowest BCUT2D eigenvalue weighted by Crippen LogP contribution is -2.19. The first-order valence-corrected chi connectivity index (χ1v) is 16.6. The third-order valence-electron chi connectivity index (χ3n) is 8.14. The summed E-state index contributed by atoms with van der Waals surface area (Å²) in [5, 5.41) is 27.0. The molecule has 8 rings (SSSR count). The maximum absolute atomic E-state index is 12.2.